The largest absolute Gasteiger partial charge is 0.384 e. The number of nitrogens with zero attached hydrogens (tertiary/aromatic N) is 2. The van der Waals surface area contributed by atoms with E-state index in [1.165, 1.54) is 26.2 Å². The van der Waals surface area contributed by atoms with E-state index >= 15 is 0 Å². The van der Waals surface area contributed by atoms with Gasteiger partial charge in [0.15, 0.2) is 0 Å². The van der Waals surface area contributed by atoms with Gasteiger partial charge in [0.25, 0.3) is 5.69 Å². The van der Waals surface area contributed by atoms with Crippen LogP contribution < -0.4 is 5.32 Å². The fourth-order valence-corrected chi connectivity index (χ4v) is 1.93. The van der Waals surface area contributed by atoms with E-state index in [-0.39, 0.29) is 18.0 Å². The molecule has 0 aliphatic rings. The number of nitro benzene ring substituents is 1. The SMILES string of the molecule is CN(C)S(=O)(=O)CCNc1ccc([N+](=O)[O-])cc1. The van der Waals surface area contributed by atoms with E-state index in [4.69, 9.17) is 0 Å². The van der Waals surface area contributed by atoms with Gasteiger partial charge in [-0.15, -0.1) is 0 Å². The molecule has 0 fully saturated rings. The fraction of sp³-hybridized carbons (Fsp3) is 0.400. The van der Waals surface area contributed by atoms with Crippen molar-refractivity contribution in [1.82, 2.24) is 4.31 Å². The van der Waals surface area contributed by atoms with Gasteiger partial charge in [-0.2, -0.15) is 0 Å². The van der Waals surface area contributed by atoms with Crippen LogP contribution in [0.5, 0.6) is 0 Å². The quantitative estimate of drug-likeness (QED) is 0.614. The Morgan fingerprint density at radius 2 is 1.83 bits per heavy atom. The molecule has 1 N–H and O–H groups in total. The third-order valence-electron chi connectivity index (χ3n) is 2.32. The Hall–Kier alpha value is -1.67. The van der Waals surface area contributed by atoms with Gasteiger partial charge in [0.2, 0.25) is 10.0 Å². The average molecular weight is 273 g/mol. The van der Waals surface area contributed by atoms with Crippen molar-refractivity contribution < 1.29 is 13.3 Å². The molecule has 1 rings (SSSR count). The lowest BCUT2D eigenvalue weighted by atomic mass is 10.3. The summed E-state index contributed by atoms with van der Waals surface area (Å²) in [6, 6.07) is 5.81. The minimum Gasteiger partial charge on any atom is -0.384 e. The summed E-state index contributed by atoms with van der Waals surface area (Å²) in [6.45, 7) is 0.248. The van der Waals surface area contributed by atoms with Gasteiger partial charge in [-0.1, -0.05) is 0 Å². The van der Waals surface area contributed by atoms with E-state index in [2.05, 4.69) is 5.32 Å². The molecule has 0 unspecified atom stereocenters. The highest BCUT2D eigenvalue weighted by Gasteiger charge is 2.12. The summed E-state index contributed by atoms with van der Waals surface area (Å²) in [5, 5.41) is 13.3. The maximum atomic E-state index is 11.5. The zero-order valence-corrected chi connectivity index (χ0v) is 11.0. The van der Waals surface area contributed by atoms with Crippen molar-refractivity contribution in [3.63, 3.8) is 0 Å². The number of hydrogen-bond acceptors (Lipinski definition) is 5. The first-order valence-corrected chi connectivity index (χ1v) is 6.82. The minimum atomic E-state index is -3.23. The molecule has 0 aliphatic heterocycles. The van der Waals surface area contributed by atoms with E-state index in [0.29, 0.717) is 5.69 Å². The molecule has 8 heteroatoms. The lowest BCUT2D eigenvalue weighted by molar-refractivity contribution is -0.384. The lowest BCUT2D eigenvalue weighted by Gasteiger charge is -2.12. The van der Waals surface area contributed by atoms with Crippen molar-refractivity contribution in [3.8, 4) is 0 Å². The second kappa shape index (κ2) is 5.78. The number of sulfonamides is 1. The van der Waals surface area contributed by atoms with Gasteiger partial charge < -0.3 is 5.32 Å². The van der Waals surface area contributed by atoms with Gasteiger partial charge in [-0.05, 0) is 12.1 Å². The first-order chi connectivity index (χ1) is 8.33. The van der Waals surface area contributed by atoms with Crippen molar-refractivity contribution in [3.05, 3.63) is 34.4 Å². The second-order valence-corrected chi connectivity index (χ2v) is 6.13. The van der Waals surface area contributed by atoms with Crippen LogP contribution in [0.2, 0.25) is 0 Å². The summed E-state index contributed by atoms with van der Waals surface area (Å²) in [6.07, 6.45) is 0. The number of non-ortho nitro benzene ring substituents is 1. The summed E-state index contributed by atoms with van der Waals surface area (Å²) >= 11 is 0. The minimum absolute atomic E-state index is 0.00135. The van der Waals surface area contributed by atoms with Crippen LogP contribution in [-0.2, 0) is 10.0 Å². The van der Waals surface area contributed by atoms with Crippen LogP contribution in [0.15, 0.2) is 24.3 Å². The maximum Gasteiger partial charge on any atom is 0.269 e. The first-order valence-electron chi connectivity index (χ1n) is 5.21. The molecular formula is C10H15N3O4S. The number of anilines is 1. The third-order valence-corrected chi connectivity index (χ3v) is 4.16. The van der Waals surface area contributed by atoms with Gasteiger partial charge in [0.1, 0.15) is 0 Å². The lowest BCUT2D eigenvalue weighted by Crippen LogP contribution is -2.28. The fourth-order valence-electron chi connectivity index (χ4n) is 1.21. The number of benzene rings is 1. The summed E-state index contributed by atoms with van der Waals surface area (Å²) in [5.41, 5.74) is 0.649. The standard InChI is InChI=1S/C10H15N3O4S/c1-12(2)18(16,17)8-7-11-9-3-5-10(6-4-9)13(14)15/h3-6,11H,7-8H2,1-2H3. The zero-order valence-electron chi connectivity index (χ0n) is 10.2. The monoisotopic (exact) mass is 273 g/mol. The van der Waals surface area contributed by atoms with Gasteiger partial charge in [0, 0.05) is 38.5 Å². The number of hydrogen-bond donors (Lipinski definition) is 1. The van der Waals surface area contributed by atoms with Gasteiger partial charge in [-0.25, -0.2) is 12.7 Å². The summed E-state index contributed by atoms with van der Waals surface area (Å²) in [5.74, 6) is -0.0308. The van der Waals surface area contributed by atoms with Crippen molar-refractivity contribution in [2.45, 2.75) is 0 Å². The molecule has 0 aromatic heterocycles. The van der Waals surface area contributed by atoms with Crippen LogP contribution in [0.25, 0.3) is 0 Å². The summed E-state index contributed by atoms with van der Waals surface area (Å²) < 4.78 is 24.1. The Balaban J connectivity index is 2.52. The average Bonchev–Trinajstić information content (AvgIpc) is 2.29. The number of rotatable bonds is 6. The highest BCUT2D eigenvalue weighted by Crippen LogP contribution is 2.15. The van der Waals surface area contributed by atoms with Gasteiger partial charge in [0.05, 0.1) is 10.7 Å². The molecule has 0 aliphatic carbocycles. The molecule has 0 saturated heterocycles. The molecule has 0 amide bonds. The molecule has 0 atom stereocenters. The van der Waals surface area contributed by atoms with E-state index < -0.39 is 14.9 Å². The Morgan fingerprint density at radius 3 is 2.28 bits per heavy atom. The van der Waals surface area contributed by atoms with E-state index in [1.807, 2.05) is 0 Å². The van der Waals surface area contributed by atoms with Crippen LogP contribution in [0.1, 0.15) is 0 Å². The van der Waals surface area contributed by atoms with Gasteiger partial charge in [-0.3, -0.25) is 10.1 Å². The third kappa shape index (κ3) is 3.97. The molecule has 1 aromatic rings. The Bertz CT molecular complexity index is 510. The molecule has 100 valence electrons. The van der Waals surface area contributed by atoms with Crippen molar-refractivity contribution in [2.24, 2.45) is 0 Å². The first kappa shape index (κ1) is 14.4. The maximum absolute atomic E-state index is 11.5. The van der Waals surface area contributed by atoms with E-state index in [9.17, 15) is 18.5 Å². The zero-order chi connectivity index (χ0) is 13.8. The molecule has 1 aromatic carbocycles. The Labute approximate surface area is 106 Å². The van der Waals surface area contributed by atoms with E-state index in [0.717, 1.165) is 4.31 Å². The van der Waals surface area contributed by atoms with Crippen molar-refractivity contribution in [2.75, 3.05) is 31.7 Å². The van der Waals surface area contributed by atoms with Crippen LogP contribution in [0.4, 0.5) is 11.4 Å². The number of nitrogens with one attached hydrogen (secondary N) is 1. The van der Waals surface area contributed by atoms with Crippen LogP contribution in [0.3, 0.4) is 0 Å². The summed E-state index contributed by atoms with van der Waals surface area (Å²) in [7, 11) is -0.280. The Kier molecular flexibility index (Phi) is 4.62. The molecule has 7 nitrogen and oxygen atoms in total. The van der Waals surface area contributed by atoms with Crippen LogP contribution in [0, 0.1) is 10.1 Å². The van der Waals surface area contributed by atoms with Crippen molar-refractivity contribution in [1.29, 1.82) is 0 Å². The predicted octanol–water partition coefficient (Wildman–Crippen LogP) is 0.898. The highest BCUT2D eigenvalue weighted by molar-refractivity contribution is 7.89. The summed E-state index contributed by atoms with van der Waals surface area (Å²) in [4.78, 5) is 9.95. The normalized spacial score (nSPS) is 11.5. The molecule has 0 spiro atoms. The molecule has 0 saturated carbocycles. The highest BCUT2D eigenvalue weighted by atomic mass is 32.2. The Morgan fingerprint density at radius 1 is 1.28 bits per heavy atom. The molecular weight excluding hydrogens is 258 g/mol. The van der Waals surface area contributed by atoms with Crippen LogP contribution in [-0.4, -0.2) is 44.0 Å². The van der Waals surface area contributed by atoms with Crippen molar-refractivity contribution >= 4 is 21.4 Å². The molecule has 0 bridgehead atoms. The van der Waals surface area contributed by atoms with E-state index in [1.54, 1.807) is 12.1 Å². The predicted molar refractivity (Wildman–Crippen MR) is 69.1 cm³/mol. The molecule has 0 heterocycles. The second-order valence-electron chi connectivity index (χ2n) is 3.83. The van der Waals surface area contributed by atoms with Crippen LogP contribution >= 0.6 is 0 Å². The molecule has 0 radical (unpaired) electrons. The topological polar surface area (TPSA) is 92.6 Å². The molecule has 18 heavy (non-hydrogen) atoms. The van der Waals surface area contributed by atoms with Gasteiger partial charge >= 0.3 is 0 Å². The number of nitro groups is 1. The smallest absolute Gasteiger partial charge is 0.269 e.